The molecule has 1 heterocycles. The molecule has 0 aliphatic carbocycles. The monoisotopic (exact) mass is 382 g/mol. The summed E-state index contributed by atoms with van der Waals surface area (Å²) in [4.78, 5) is 12.5. The minimum absolute atomic E-state index is 0.0254. The number of anilines is 2. The Kier molecular flexibility index (Phi) is 6.59. The van der Waals surface area contributed by atoms with Crippen molar-refractivity contribution >= 4 is 37.4 Å². The number of hydrogen-bond donors (Lipinski definition) is 3. The van der Waals surface area contributed by atoms with Gasteiger partial charge in [0.05, 0.1) is 17.5 Å². The van der Waals surface area contributed by atoms with Gasteiger partial charge in [0, 0.05) is 23.7 Å². The molecule has 1 aromatic carbocycles. The van der Waals surface area contributed by atoms with Gasteiger partial charge < -0.3 is 20.2 Å². The fraction of sp³-hybridized carbons (Fsp3) is 0.611. The van der Waals surface area contributed by atoms with Crippen LogP contribution in [-0.2, 0) is 9.22 Å². The van der Waals surface area contributed by atoms with E-state index in [0.29, 0.717) is 25.3 Å². The number of fused-ring (bicyclic) bond motifs is 1. The highest BCUT2D eigenvalue weighted by Crippen LogP contribution is 2.36. The highest BCUT2D eigenvalue weighted by atomic mass is 32.2. The van der Waals surface area contributed by atoms with E-state index < -0.39 is 14.4 Å². The van der Waals surface area contributed by atoms with Gasteiger partial charge in [0.2, 0.25) is 5.91 Å². The maximum absolute atomic E-state index is 11.5. The molecule has 0 saturated heterocycles. The summed E-state index contributed by atoms with van der Waals surface area (Å²) in [5.74, 6) is 0.490. The van der Waals surface area contributed by atoms with Gasteiger partial charge in [0.15, 0.2) is 8.32 Å². The van der Waals surface area contributed by atoms with Crippen molar-refractivity contribution in [2.24, 2.45) is 0 Å². The summed E-state index contributed by atoms with van der Waals surface area (Å²) in [5.41, 5.74) is 1.73. The average molecular weight is 383 g/mol. The molecule has 0 spiro atoms. The van der Waals surface area contributed by atoms with E-state index in [2.05, 4.69) is 44.5 Å². The number of hydrogen-bond acceptors (Lipinski definition) is 5. The minimum atomic E-state index is -1.76. The van der Waals surface area contributed by atoms with Crippen molar-refractivity contribution < 1.29 is 14.3 Å². The molecule has 1 amide bonds. The average Bonchev–Trinajstić information content (AvgIpc) is 2.51. The van der Waals surface area contributed by atoms with Crippen LogP contribution in [0.2, 0.25) is 18.1 Å². The topological polar surface area (TPSA) is 70.6 Å². The molecule has 1 aliphatic rings. The van der Waals surface area contributed by atoms with Gasteiger partial charge in [-0.05, 0) is 42.8 Å². The van der Waals surface area contributed by atoms with Crippen molar-refractivity contribution in [2.45, 2.75) is 56.3 Å². The molecular formula is C18H30N2O3SSi. The van der Waals surface area contributed by atoms with Gasteiger partial charge >= 0.3 is 0 Å². The zero-order valence-electron chi connectivity index (χ0n) is 15.8. The largest absolute Gasteiger partial charge is 0.417 e. The van der Waals surface area contributed by atoms with Gasteiger partial charge in [0.1, 0.15) is 0 Å². The second kappa shape index (κ2) is 8.12. The molecule has 0 radical (unpaired) electrons. The van der Waals surface area contributed by atoms with Gasteiger partial charge in [-0.2, -0.15) is 0 Å². The molecule has 25 heavy (non-hydrogen) atoms. The lowest BCUT2D eigenvalue weighted by Gasteiger charge is -2.36. The number of thioether (sulfide) groups is 1. The zero-order valence-corrected chi connectivity index (χ0v) is 17.6. The van der Waals surface area contributed by atoms with E-state index in [1.54, 1.807) is 11.8 Å². The molecule has 0 fully saturated rings. The summed E-state index contributed by atoms with van der Waals surface area (Å²) in [5, 5.41) is 16.5. The summed E-state index contributed by atoms with van der Waals surface area (Å²) in [7, 11) is -1.76. The van der Waals surface area contributed by atoms with Crippen molar-refractivity contribution in [1.29, 1.82) is 0 Å². The molecule has 0 aromatic heterocycles. The molecule has 1 aliphatic heterocycles. The van der Waals surface area contributed by atoms with Gasteiger partial charge in [-0.1, -0.05) is 20.8 Å². The van der Waals surface area contributed by atoms with E-state index in [-0.39, 0.29) is 10.9 Å². The molecule has 0 saturated carbocycles. The SMILES string of the molecule is CC(C)(C)[Si](C)(C)OCC[C@H](O)CNc1ccc2c(c1)NC(=O)CS2. The number of aliphatic hydroxyl groups excluding tert-OH is 1. The number of benzene rings is 1. The summed E-state index contributed by atoms with van der Waals surface area (Å²) in [6, 6.07) is 5.88. The highest BCUT2D eigenvalue weighted by molar-refractivity contribution is 8.00. The Balaban J connectivity index is 1.78. The van der Waals surface area contributed by atoms with Crippen molar-refractivity contribution in [3.05, 3.63) is 18.2 Å². The number of carbonyl (C=O) groups is 1. The van der Waals surface area contributed by atoms with Gasteiger partial charge in [0.25, 0.3) is 0 Å². The fourth-order valence-electron chi connectivity index (χ4n) is 2.20. The Morgan fingerprint density at radius 2 is 2.12 bits per heavy atom. The van der Waals surface area contributed by atoms with Crippen LogP contribution in [-0.4, -0.2) is 44.3 Å². The second-order valence-electron chi connectivity index (χ2n) is 7.98. The molecule has 1 aromatic rings. The van der Waals surface area contributed by atoms with E-state index in [9.17, 15) is 9.90 Å². The van der Waals surface area contributed by atoms with Crippen molar-refractivity contribution in [3.8, 4) is 0 Å². The predicted octanol–water partition coefficient (Wildman–Crippen LogP) is 3.92. The van der Waals surface area contributed by atoms with Crippen LogP contribution in [0.1, 0.15) is 27.2 Å². The second-order valence-corrected chi connectivity index (χ2v) is 13.8. The first-order valence-corrected chi connectivity index (χ1v) is 12.6. The van der Waals surface area contributed by atoms with Crippen molar-refractivity contribution in [2.75, 3.05) is 29.5 Å². The molecule has 7 heteroatoms. The summed E-state index contributed by atoms with van der Waals surface area (Å²) in [6.07, 6.45) is 0.140. The highest BCUT2D eigenvalue weighted by Gasteiger charge is 2.36. The van der Waals surface area contributed by atoms with Crippen LogP contribution >= 0.6 is 11.8 Å². The minimum Gasteiger partial charge on any atom is -0.417 e. The molecule has 5 nitrogen and oxygen atoms in total. The van der Waals surface area contributed by atoms with E-state index >= 15 is 0 Å². The number of nitrogens with one attached hydrogen (secondary N) is 2. The van der Waals surface area contributed by atoms with Crippen molar-refractivity contribution in [3.63, 3.8) is 0 Å². The quantitative estimate of drug-likeness (QED) is 0.624. The van der Waals surface area contributed by atoms with Crippen LogP contribution in [0, 0.1) is 0 Å². The molecule has 2 rings (SSSR count). The number of carbonyl (C=O) groups excluding carboxylic acids is 1. The Morgan fingerprint density at radius 3 is 2.80 bits per heavy atom. The Bertz CT molecular complexity index is 617. The van der Waals surface area contributed by atoms with E-state index in [0.717, 1.165) is 16.3 Å². The Morgan fingerprint density at radius 1 is 1.40 bits per heavy atom. The van der Waals surface area contributed by atoms with Crippen LogP contribution in [0.5, 0.6) is 0 Å². The molecule has 1 atom stereocenters. The first-order chi connectivity index (χ1) is 11.6. The first-order valence-electron chi connectivity index (χ1n) is 8.71. The number of aliphatic hydroxyl groups is 1. The number of rotatable bonds is 7. The fourth-order valence-corrected chi connectivity index (χ4v) is 4.05. The third kappa shape index (κ3) is 5.74. The summed E-state index contributed by atoms with van der Waals surface area (Å²) < 4.78 is 6.10. The normalized spacial score (nSPS) is 16.2. The Hall–Kier alpha value is -1.02. The standard InChI is InChI=1S/C18H30N2O3SSi/c1-18(2,3)25(4,5)23-9-8-14(21)11-19-13-6-7-16-15(10-13)20-17(22)12-24-16/h6-7,10,14,19,21H,8-9,11-12H2,1-5H3,(H,20,22)/t14-/m0/s1. The van der Waals surface area contributed by atoms with E-state index in [1.165, 1.54) is 0 Å². The third-order valence-electron chi connectivity index (χ3n) is 4.87. The zero-order chi connectivity index (χ0) is 18.7. The van der Waals surface area contributed by atoms with Crippen LogP contribution in [0.25, 0.3) is 0 Å². The first kappa shape index (κ1) is 20.3. The van der Waals surface area contributed by atoms with Crippen LogP contribution in [0.15, 0.2) is 23.1 Å². The van der Waals surface area contributed by atoms with Gasteiger partial charge in [-0.25, -0.2) is 0 Å². The maximum Gasteiger partial charge on any atom is 0.234 e. The number of amides is 1. The summed E-state index contributed by atoms with van der Waals surface area (Å²) >= 11 is 1.54. The molecule has 0 unspecified atom stereocenters. The lowest BCUT2D eigenvalue weighted by molar-refractivity contribution is -0.113. The molecule has 3 N–H and O–H groups in total. The third-order valence-corrected chi connectivity index (χ3v) is 10.5. The van der Waals surface area contributed by atoms with Crippen LogP contribution in [0.3, 0.4) is 0 Å². The smallest absolute Gasteiger partial charge is 0.234 e. The predicted molar refractivity (Wildman–Crippen MR) is 108 cm³/mol. The van der Waals surface area contributed by atoms with E-state index in [4.69, 9.17) is 4.43 Å². The van der Waals surface area contributed by atoms with Gasteiger partial charge in [-0.3, -0.25) is 4.79 Å². The Labute approximate surface area is 156 Å². The van der Waals surface area contributed by atoms with Crippen LogP contribution < -0.4 is 10.6 Å². The molecular weight excluding hydrogens is 352 g/mol. The summed E-state index contributed by atoms with van der Waals surface area (Å²) in [6.45, 7) is 12.1. The lowest BCUT2D eigenvalue weighted by atomic mass is 10.2. The van der Waals surface area contributed by atoms with E-state index in [1.807, 2.05) is 18.2 Å². The van der Waals surface area contributed by atoms with Crippen molar-refractivity contribution in [1.82, 2.24) is 0 Å². The maximum atomic E-state index is 11.5. The van der Waals surface area contributed by atoms with Gasteiger partial charge in [-0.15, -0.1) is 11.8 Å². The lowest BCUT2D eigenvalue weighted by Crippen LogP contribution is -2.41. The molecule has 140 valence electrons. The molecule has 0 bridgehead atoms. The van der Waals surface area contributed by atoms with Crippen LogP contribution in [0.4, 0.5) is 11.4 Å².